The van der Waals surface area contributed by atoms with Crippen molar-refractivity contribution in [1.82, 2.24) is 0 Å². The summed E-state index contributed by atoms with van der Waals surface area (Å²) in [6.45, 7) is 0.393. The maximum atomic E-state index is 12.2. The first-order valence-corrected chi connectivity index (χ1v) is 6.69. The zero-order valence-electron chi connectivity index (χ0n) is 11.8. The van der Waals surface area contributed by atoms with Crippen molar-refractivity contribution in [2.75, 3.05) is 19.0 Å². The summed E-state index contributed by atoms with van der Waals surface area (Å²) in [5, 5.41) is 2.71. The van der Waals surface area contributed by atoms with Gasteiger partial charge in [-0.05, 0) is 31.0 Å². The number of methoxy groups -OCH3 is 1. The fourth-order valence-corrected chi connectivity index (χ4v) is 2.24. The Kier molecular flexibility index (Phi) is 4.77. The number of hydrogen-bond donors (Lipinski definition) is 3. The largest absolute Gasteiger partial charge is 0.495 e. The molecule has 2 rings (SSSR count). The van der Waals surface area contributed by atoms with Crippen LogP contribution >= 0.6 is 0 Å². The Bertz CT molecular complexity index is 547. The standard InChI is InChI=1S/C14H19N3O4/c1-20-11-4-2-8(13(16)18)6-10(11)17-14(19)12-5-3-9(7-15)21-12/h2,4,6,9,12H,3,5,7,15H2,1H3,(H2,16,18)(H,17,19). The number of ether oxygens (including phenoxy) is 2. The molecule has 0 bridgehead atoms. The van der Waals surface area contributed by atoms with Crippen LogP contribution in [0.4, 0.5) is 5.69 Å². The van der Waals surface area contributed by atoms with Crippen LogP contribution in [0.15, 0.2) is 18.2 Å². The minimum atomic E-state index is -0.575. The molecule has 1 aliphatic rings. The van der Waals surface area contributed by atoms with Gasteiger partial charge in [0, 0.05) is 12.1 Å². The van der Waals surface area contributed by atoms with Gasteiger partial charge < -0.3 is 26.3 Å². The fourth-order valence-electron chi connectivity index (χ4n) is 2.24. The van der Waals surface area contributed by atoms with Gasteiger partial charge in [-0.25, -0.2) is 0 Å². The zero-order valence-corrected chi connectivity index (χ0v) is 11.8. The van der Waals surface area contributed by atoms with Crippen LogP contribution in [-0.4, -0.2) is 37.7 Å². The van der Waals surface area contributed by atoms with Gasteiger partial charge in [-0.15, -0.1) is 0 Å². The first kappa shape index (κ1) is 15.3. The molecular weight excluding hydrogens is 274 g/mol. The molecule has 1 aromatic carbocycles. The Hall–Kier alpha value is -2.12. The van der Waals surface area contributed by atoms with E-state index in [2.05, 4.69) is 5.32 Å². The zero-order chi connectivity index (χ0) is 15.4. The highest BCUT2D eigenvalue weighted by atomic mass is 16.5. The smallest absolute Gasteiger partial charge is 0.253 e. The molecule has 1 saturated heterocycles. The van der Waals surface area contributed by atoms with Crippen molar-refractivity contribution >= 4 is 17.5 Å². The second kappa shape index (κ2) is 6.55. The summed E-state index contributed by atoms with van der Waals surface area (Å²) < 4.78 is 10.7. The number of nitrogens with two attached hydrogens (primary N) is 2. The number of primary amides is 1. The molecule has 2 amide bonds. The van der Waals surface area contributed by atoms with E-state index in [0.29, 0.717) is 30.0 Å². The van der Waals surface area contributed by atoms with E-state index in [-0.39, 0.29) is 12.0 Å². The molecule has 21 heavy (non-hydrogen) atoms. The molecule has 114 valence electrons. The van der Waals surface area contributed by atoms with Crippen molar-refractivity contribution in [2.45, 2.75) is 25.0 Å². The van der Waals surface area contributed by atoms with E-state index in [0.717, 1.165) is 6.42 Å². The van der Waals surface area contributed by atoms with Gasteiger partial charge in [-0.1, -0.05) is 0 Å². The summed E-state index contributed by atoms with van der Waals surface area (Å²) in [6, 6.07) is 4.59. The van der Waals surface area contributed by atoms with E-state index in [4.69, 9.17) is 20.9 Å². The summed E-state index contributed by atoms with van der Waals surface area (Å²) >= 11 is 0. The molecule has 0 aromatic heterocycles. The van der Waals surface area contributed by atoms with Crippen LogP contribution in [0, 0.1) is 0 Å². The predicted molar refractivity (Wildman–Crippen MR) is 77.1 cm³/mol. The fraction of sp³-hybridized carbons (Fsp3) is 0.429. The topological polar surface area (TPSA) is 117 Å². The second-order valence-corrected chi connectivity index (χ2v) is 4.83. The molecule has 1 aromatic rings. The highest BCUT2D eigenvalue weighted by Gasteiger charge is 2.30. The molecule has 0 spiro atoms. The molecule has 1 fully saturated rings. The van der Waals surface area contributed by atoms with Crippen LogP contribution < -0.4 is 21.5 Å². The van der Waals surface area contributed by atoms with Crippen molar-refractivity contribution in [3.8, 4) is 5.75 Å². The molecule has 0 saturated carbocycles. The third kappa shape index (κ3) is 3.50. The minimum absolute atomic E-state index is 0.0837. The molecule has 7 nitrogen and oxygen atoms in total. The van der Waals surface area contributed by atoms with E-state index in [1.165, 1.54) is 19.2 Å². The summed E-state index contributed by atoms with van der Waals surface area (Å²) in [4.78, 5) is 23.4. The molecule has 2 atom stereocenters. The van der Waals surface area contributed by atoms with Crippen LogP contribution in [0.3, 0.4) is 0 Å². The number of rotatable bonds is 5. The summed E-state index contributed by atoms with van der Waals surface area (Å²) in [5.41, 5.74) is 11.4. The van der Waals surface area contributed by atoms with Gasteiger partial charge in [0.1, 0.15) is 11.9 Å². The Balaban J connectivity index is 2.12. The van der Waals surface area contributed by atoms with Gasteiger partial charge in [-0.3, -0.25) is 9.59 Å². The lowest BCUT2D eigenvalue weighted by atomic mass is 10.1. The Labute approximate surface area is 122 Å². The number of anilines is 1. The van der Waals surface area contributed by atoms with Gasteiger partial charge in [-0.2, -0.15) is 0 Å². The number of nitrogens with one attached hydrogen (secondary N) is 1. The lowest BCUT2D eigenvalue weighted by molar-refractivity contribution is -0.126. The van der Waals surface area contributed by atoms with Crippen LogP contribution in [-0.2, 0) is 9.53 Å². The predicted octanol–water partition coefficient (Wildman–Crippen LogP) is 0.239. The molecule has 0 aliphatic carbocycles. The van der Waals surface area contributed by atoms with E-state index < -0.39 is 12.0 Å². The number of benzene rings is 1. The Morgan fingerprint density at radius 1 is 1.43 bits per heavy atom. The normalized spacial score (nSPS) is 21.0. The van der Waals surface area contributed by atoms with Crippen LogP contribution in [0.25, 0.3) is 0 Å². The van der Waals surface area contributed by atoms with Gasteiger partial charge in [0.25, 0.3) is 5.91 Å². The van der Waals surface area contributed by atoms with Crippen LogP contribution in [0.2, 0.25) is 0 Å². The van der Waals surface area contributed by atoms with Gasteiger partial charge in [0.05, 0.1) is 18.9 Å². The van der Waals surface area contributed by atoms with Crippen molar-refractivity contribution in [3.05, 3.63) is 23.8 Å². The third-order valence-corrected chi connectivity index (χ3v) is 3.40. The molecule has 2 unspecified atom stereocenters. The highest BCUT2D eigenvalue weighted by molar-refractivity contribution is 5.99. The van der Waals surface area contributed by atoms with Crippen LogP contribution in [0.1, 0.15) is 23.2 Å². The highest BCUT2D eigenvalue weighted by Crippen LogP contribution is 2.27. The minimum Gasteiger partial charge on any atom is -0.495 e. The van der Waals surface area contributed by atoms with Gasteiger partial charge >= 0.3 is 0 Å². The molecule has 1 aliphatic heterocycles. The quantitative estimate of drug-likeness (QED) is 0.719. The Morgan fingerprint density at radius 3 is 2.76 bits per heavy atom. The third-order valence-electron chi connectivity index (χ3n) is 3.40. The summed E-state index contributed by atoms with van der Waals surface area (Å²) in [5.74, 6) is -0.416. The summed E-state index contributed by atoms with van der Waals surface area (Å²) in [7, 11) is 1.48. The van der Waals surface area contributed by atoms with Crippen molar-refractivity contribution in [2.24, 2.45) is 11.5 Å². The van der Waals surface area contributed by atoms with Crippen molar-refractivity contribution in [1.29, 1.82) is 0 Å². The average molecular weight is 293 g/mol. The maximum absolute atomic E-state index is 12.2. The first-order chi connectivity index (χ1) is 10.0. The maximum Gasteiger partial charge on any atom is 0.253 e. The molecule has 1 heterocycles. The van der Waals surface area contributed by atoms with Crippen molar-refractivity contribution in [3.63, 3.8) is 0 Å². The average Bonchev–Trinajstić information content (AvgIpc) is 2.96. The SMILES string of the molecule is COc1ccc(C(N)=O)cc1NC(=O)C1CCC(CN)O1. The number of amides is 2. The van der Waals surface area contributed by atoms with E-state index in [1.807, 2.05) is 0 Å². The molecule has 0 radical (unpaired) electrons. The molecule has 5 N–H and O–H groups in total. The monoisotopic (exact) mass is 293 g/mol. The molecule has 7 heteroatoms. The number of carbonyl (C=O) groups is 2. The lowest BCUT2D eigenvalue weighted by Crippen LogP contribution is -2.30. The van der Waals surface area contributed by atoms with E-state index in [9.17, 15) is 9.59 Å². The lowest BCUT2D eigenvalue weighted by Gasteiger charge is -2.15. The van der Waals surface area contributed by atoms with Crippen LogP contribution in [0.5, 0.6) is 5.75 Å². The molecular formula is C14H19N3O4. The number of hydrogen-bond acceptors (Lipinski definition) is 5. The number of carbonyl (C=O) groups excluding carboxylic acids is 2. The second-order valence-electron chi connectivity index (χ2n) is 4.83. The van der Waals surface area contributed by atoms with Gasteiger partial charge in [0.2, 0.25) is 5.91 Å². The Morgan fingerprint density at radius 2 is 2.19 bits per heavy atom. The van der Waals surface area contributed by atoms with Crippen molar-refractivity contribution < 1.29 is 19.1 Å². The summed E-state index contributed by atoms with van der Waals surface area (Å²) in [6.07, 6.45) is 0.749. The van der Waals surface area contributed by atoms with E-state index in [1.54, 1.807) is 6.07 Å². The van der Waals surface area contributed by atoms with Gasteiger partial charge in [0.15, 0.2) is 0 Å². The van der Waals surface area contributed by atoms with E-state index >= 15 is 0 Å². The first-order valence-electron chi connectivity index (χ1n) is 6.69.